The largest absolute Gasteiger partial charge is 0.406 e. The second kappa shape index (κ2) is 6.89. The summed E-state index contributed by atoms with van der Waals surface area (Å²) in [7, 11) is 0. The predicted molar refractivity (Wildman–Crippen MR) is 76.2 cm³/mol. The minimum absolute atomic E-state index is 0.132. The fourth-order valence-electron chi connectivity index (χ4n) is 2.55. The highest BCUT2D eigenvalue weighted by Crippen LogP contribution is 2.25. The first-order valence-corrected chi connectivity index (χ1v) is 7.56. The Labute approximate surface area is 115 Å². The topological polar surface area (TPSA) is 54.2 Å². The van der Waals surface area contributed by atoms with Gasteiger partial charge in [0.15, 0.2) is 0 Å². The molecule has 2 heterocycles. The van der Waals surface area contributed by atoms with E-state index in [1.807, 2.05) is 0 Å². The van der Waals surface area contributed by atoms with Gasteiger partial charge >= 0.3 is 6.01 Å². The second-order valence-electron chi connectivity index (χ2n) is 5.46. The zero-order valence-electron chi connectivity index (χ0n) is 12.4. The lowest BCUT2D eigenvalue weighted by Gasteiger charge is -2.30. The summed E-state index contributed by atoms with van der Waals surface area (Å²) in [6.45, 7) is 9.53. The number of rotatable bonds is 6. The maximum atomic E-state index is 5.82. The van der Waals surface area contributed by atoms with Gasteiger partial charge in [0.25, 0.3) is 0 Å². The van der Waals surface area contributed by atoms with Crippen molar-refractivity contribution in [3.05, 3.63) is 5.89 Å². The molecule has 1 aliphatic rings. The second-order valence-corrected chi connectivity index (χ2v) is 5.46. The van der Waals surface area contributed by atoms with Gasteiger partial charge in [0.2, 0.25) is 5.89 Å². The van der Waals surface area contributed by atoms with Gasteiger partial charge in [0.05, 0.1) is 6.04 Å². The number of nitrogens with zero attached hydrogens (tertiary/aromatic N) is 3. The van der Waals surface area contributed by atoms with Crippen LogP contribution in [-0.2, 0) is 0 Å². The van der Waals surface area contributed by atoms with Crippen LogP contribution in [0.3, 0.4) is 0 Å². The van der Waals surface area contributed by atoms with Crippen molar-refractivity contribution in [2.45, 2.75) is 52.5 Å². The van der Waals surface area contributed by atoms with Crippen LogP contribution in [0.2, 0.25) is 0 Å². The van der Waals surface area contributed by atoms with E-state index in [2.05, 4.69) is 41.2 Å². The summed E-state index contributed by atoms with van der Waals surface area (Å²) < 4.78 is 5.82. The minimum atomic E-state index is 0.132. The van der Waals surface area contributed by atoms with Crippen LogP contribution in [0.15, 0.2) is 4.42 Å². The maximum absolute atomic E-state index is 5.82. The highest BCUT2D eigenvalue weighted by molar-refractivity contribution is 5.25. The maximum Gasteiger partial charge on any atom is 0.318 e. The molecule has 0 aromatic carbocycles. The Bertz CT molecular complexity index is 379. The summed E-state index contributed by atoms with van der Waals surface area (Å²) in [4.78, 5) is 2.24. The molecule has 108 valence electrons. The lowest BCUT2D eigenvalue weighted by molar-refractivity contribution is 0.368. The summed E-state index contributed by atoms with van der Waals surface area (Å²) in [6, 6.07) is 0.825. The zero-order chi connectivity index (χ0) is 13.7. The third-order valence-electron chi connectivity index (χ3n) is 3.87. The summed E-state index contributed by atoms with van der Waals surface area (Å²) in [5.41, 5.74) is 0. The van der Waals surface area contributed by atoms with Crippen molar-refractivity contribution in [3.8, 4) is 0 Å². The number of hydrogen-bond donors (Lipinski definition) is 1. The number of aromatic nitrogens is 2. The van der Waals surface area contributed by atoms with Gasteiger partial charge in [-0.15, -0.1) is 5.10 Å². The van der Waals surface area contributed by atoms with E-state index in [0.717, 1.165) is 32.0 Å². The molecule has 0 aliphatic carbocycles. The molecule has 5 heteroatoms. The fourth-order valence-corrected chi connectivity index (χ4v) is 2.55. The van der Waals surface area contributed by atoms with Crippen LogP contribution in [-0.4, -0.2) is 29.8 Å². The van der Waals surface area contributed by atoms with Crippen LogP contribution in [0.5, 0.6) is 0 Å². The Morgan fingerprint density at radius 1 is 1.42 bits per heavy atom. The molecule has 2 unspecified atom stereocenters. The van der Waals surface area contributed by atoms with Crippen LogP contribution in [0.1, 0.15) is 58.4 Å². The molecule has 0 amide bonds. The van der Waals surface area contributed by atoms with Gasteiger partial charge in [-0.2, -0.15) is 0 Å². The highest BCUT2D eigenvalue weighted by atomic mass is 16.4. The average molecular weight is 266 g/mol. The molecule has 1 N–H and O–H groups in total. The van der Waals surface area contributed by atoms with Crippen LogP contribution < -0.4 is 10.2 Å². The molecule has 0 spiro atoms. The number of piperidine rings is 1. The molecule has 0 saturated carbocycles. The molecule has 5 nitrogen and oxygen atoms in total. The first-order valence-electron chi connectivity index (χ1n) is 7.56. The van der Waals surface area contributed by atoms with Crippen molar-refractivity contribution in [2.24, 2.45) is 5.92 Å². The standard InChI is InChI=1S/C14H26N4O/c1-4-8-15-11(3)13-16-17-14(19-13)18-9-6-7-12(5-2)10-18/h11-12,15H,4-10H2,1-3H3. The Morgan fingerprint density at radius 2 is 2.26 bits per heavy atom. The van der Waals surface area contributed by atoms with E-state index in [-0.39, 0.29) is 6.04 Å². The molecular weight excluding hydrogens is 240 g/mol. The van der Waals surface area contributed by atoms with Gasteiger partial charge in [-0.05, 0) is 38.6 Å². The van der Waals surface area contributed by atoms with Crippen molar-refractivity contribution in [3.63, 3.8) is 0 Å². The van der Waals surface area contributed by atoms with E-state index in [0.29, 0.717) is 11.9 Å². The highest BCUT2D eigenvalue weighted by Gasteiger charge is 2.23. The molecular formula is C14H26N4O. The van der Waals surface area contributed by atoms with E-state index in [1.165, 1.54) is 19.3 Å². The quantitative estimate of drug-likeness (QED) is 0.858. The third kappa shape index (κ3) is 3.69. The molecule has 19 heavy (non-hydrogen) atoms. The van der Waals surface area contributed by atoms with E-state index in [9.17, 15) is 0 Å². The van der Waals surface area contributed by atoms with Gasteiger partial charge in [-0.25, -0.2) is 0 Å². The van der Waals surface area contributed by atoms with Gasteiger partial charge in [0, 0.05) is 13.1 Å². The Balaban J connectivity index is 1.96. The molecule has 1 saturated heterocycles. The monoisotopic (exact) mass is 266 g/mol. The lowest BCUT2D eigenvalue weighted by Crippen LogP contribution is -2.35. The van der Waals surface area contributed by atoms with Crippen molar-refractivity contribution >= 4 is 6.01 Å². The lowest BCUT2D eigenvalue weighted by atomic mass is 9.96. The smallest absolute Gasteiger partial charge is 0.318 e. The minimum Gasteiger partial charge on any atom is -0.406 e. The van der Waals surface area contributed by atoms with Gasteiger partial charge in [-0.1, -0.05) is 25.4 Å². The third-order valence-corrected chi connectivity index (χ3v) is 3.87. The van der Waals surface area contributed by atoms with Crippen molar-refractivity contribution in [1.82, 2.24) is 15.5 Å². The Morgan fingerprint density at radius 3 is 3.00 bits per heavy atom. The number of anilines is 1. The number of hydrogen-bond acceptors (Lipinski definition) is 5. The van der Waals surface area contributed by atoms with Crippen LogP contribution >= 0.6 is 0 Å². The van der Waals surface area contributed by atoms with Crippen LogP contribution in [0.4, 0.5) is 6.01 Å². The van der Waals surface area contributed by atoms with Gasteiger partial charge < -0.3 is 14.6 Å². The van der Waals surface area contributed by atoms with Crippen LogP contribution in [0.25, 0.3) is 0 Å². The fraction of sp³-hybridized carbons (Fsp3) is 0.857. The molecule has 1 aromatic rings. The summed E-state index contributed by atoms with van der Waals surface area (Å²) in [5.74, 6) is 1.46. The number of nitrogens with one attached hydrogen (secondary N) is 1. The Kier molecular flexibility index (Phi) is 5.19. The summed E-state index contributed by atoms with van der Waals surface area (Å²) >= 11 is 0. The first kappa shape index (κ1) is 14.3. The molecule has 2 atom stereocenters. The van der Waals surface area contributed by atoms with Gasteiger partial charge in [-0.3, -0.25) is 0 Å². The molecule has 0 bridgehead atoms. The van der Waals surface area contributed by atoms with Gasteiger partial charge in [0.1, 0.15) is 0 Å². The van der Waals surface area contributed by atoms with E-state index < -0.39 is 0 Å². The summed E-state index contributed by atoms with van der Waals surface area (Å²) in [5, 5.41) is 11.8. The molecule has 1 fully saturated rings. The SMILES string of the molecule is CCCNC(C)c1nnc(N2CCCC(CC)C2)o1. The normalized spacial score (nSPS) is 21.6. The first-order chi connectivity index (χ1) is 9.24. The average Bonchev–Trinajstić information content (AvgIpc) is 2.94. The molecule has 0 radical (unpaired) electrons. The van der Waals surface area contributed by atoms with Crippen molar-refractivity contribution in [2.75, 3.05) is 24.5 Å². The van der Waals surface area contributed by atoms with E-state index in [4.69, 9.17) is 4.42 Å². The van der Waals surface area contributed by atoms with E-state index in [1.54, 1.807) is 0 Å². The molecule has 2 rings (SSSR count). The van der Waals surface area contributed by atoms with Crippen molar-refractivity contribution in [1.29, 1.82) is 0 Å². The molecule has 1 aromatic heterocycles. The molecule has 1 aliphatic heterocycles. The predicted octanol–water partition coefficient (Wildman–Crippen LogP) is 2.76. The van der Waals surface area contributed by atoms with Crippen molar-refractivity contribution < 1.29 is 4.42 Å². The zero-order valence-corrected chi connectivity index (χ0v) is 12.4. The van der Waals surface area contributed by atoms with Crippen LogP contribution in [0, 0.1) is 5.92 Å². The Hall–Kier alpha value is -1.10. The van der Waals surface area contributed by atoms with E-state index >= 15 is 0 Å². The summed E-state index contributed by atoms with van der Waals surface area (Å²) in [6.07, 6.45) is 4.88.